The first-order valence-corrected chi connectivity index (χ1v) is 9.15. The van der Waals surface area contributed by atoms with Crippen LogP contribution in [0.5, 0.6) is 0 Å². The second-order valence-corrected chi connectivity index (χ2v) is 7.05. The van der Waals surface area contributed by atoms with Gasteiger partial charge in [-0.1, -0.05) is 37.8 Å². The molecule has 1 aliphatic heterocycles. The van der Waals surface area contributed by atoms with Crippen molar-refractivity contribution in [2.75, 3.05) is 18.0 Å². The van der Waals surface area contributed by atoms with Crippen molar-refractivity contribution in [1.29, 1.82) is 5.26 Å². The molecule has 27 heavy (non-hydrogen) atoms. The third-order valence-corrected chi connectivity index (χ3v) is 4.52. The summed E-state index contributed by atoms with van der Waals surface area (Å²) in [6.45, 7) is 5.46. The standard InChI is InChI=1S/C21H23N5O/c1-14(2)3-8-18-19(16-6-4-15(13-22)5-7-16)24-21(25-20(18)27)26-11-9-17(23)10-12-26/h4-7,14,17H,9-12,23H2,1-2H3,(H,24,25,27). The maximum Gasteiger partial charge on any atom is 0.268 e. The van der Waals surface area contributed by atoms with Crippen LogP contribution in [0.2, 0.25) is 0 Å². The minimum atomic E-state index is -0.248. The molecule has 1 aromatic carbocycles. The van der Waals surface area contributed by atoms with Crippen LogP contribution in [0.4, 0.5) is 5.95 Å². The van der Waals surface area contributed by atoms with Crippen LogP contribution < -0.4 is 16.2 Å². The van der Waals surface area contributed by atoms with Gasteiger partial charge in [0.25, 0.3) is 5.56 Å². The molecule has 2 heterocycles. The van der Waals surface area contributed by atoms with Gasteiger partial charge in [-0.2, -0.15) is 5.26 Å². The van der Waals surface area contributed by atoms with E-state index < -0.39 is 0 Å². The first-order chi connectivity index (χ1) is 13.0. The molecule has 1 fully saturated rings. The Morgan fingerprint density at radius 1 is 1.26 bits per heavy atom. The second-order valence-electron chi connectivity index (χ2n) is 7.05. The normalized spacial score (nSPS) is 14.6. The van der Waals surface area contributed by atoms with E-state index in [-0.39, 0.29) is 17.5 Å². The van der Waals surface area contributed by atoms with Crippen molar-refractivity contribution in [2.45, 2.75) is 32.7 Å². The van der Waals surface area contributed by atoms with Gasteiger partial charge in [0.1, 0.15) is 5.56 Å². The Bertz CT molecular complexity index is 965. The van der Waals surface area contributed by atoms with E-state index in [0.717, 1.165) is 31.5 Å². The lowest BCUT2D eigenvalue weighted by Crippen LogP contribution is -2.41. The van der Waals surface area contributed by atoms with Gasteiger partial charge >= 0.3 is 0 Å². The van der Waals surface area contributed by atoms with Crippen molar-refractivity contribution in [2.24, 2.45) is 11.7 Å². The van der Waals surface area contributed by atoms with E-state index in [1.54, 1.807) is 24.3 Å². The van der Waals surface area contributed by atoms with E-state index in [2.05, 4.69) is 27.8 Å². The number of nitriles is 1. The molecule has 6 nitrogen and oxygen atoms in total. The smallest absolute Gasteiger partial charge is 0.268 e. The highest BCUT2D eigenvalue weighted by Crippen LogP contribution is 2.23. The number of aromatic nitrogens is 2. The molecule has 1 aliphatic rings. The third kappa shape index (κ3) is 4.36. The van der Waals surface area contributed by atoms with Gasteiger partial charge in [0, 0.05) is 30.6 Å². The first kappa shape index (κ1) is 18.7. The van der Waals surface area contributed by atoms with Gasteiger partial charge in [-0.05, 0) is 25.0 Å². The summed E-state index contributed by atoms with van der Waals surface area (Å²) < 4.78 is 0. The Balaban J connectivity index is 2.10. The number of H-pyrrole nitrogens is 1. The van der Waals surface area contributed by atoms with Crippen LogP contribution >= 0.6 is 0 Å². The van der Waals surface area contributed by atoms with Crippen LogP contribution in [0.25, 0.3) is 11.3 Å². The van der Waals surface area contributed by atoms with Crippen molar-refractivity contribution >= 4 is 5.95 Å². The Hall–Kier alpha value is -3.09. The maximum atomic E-state index is 12.8. The Labute approximate surface area is 159 Å². The minimum absolute atomic E-state index is 0.140. The van der Waals surface area contributed by atoms with Gasteiger partial charge in [-0.3, -0.25) is 9.78 Å². The summed E-state index contributed by atoms with van der Waals surface area (Å²) in [6.07, 6.45) is 1.73. The summed E-state index contributed by atoms with van der Waals surface area (Å²) in [5, 5.41) is 9.02. The topological polar surface area (TPSA) is 98.8 Å². The second kappa shape index (κ2) is 8.07. The average Bonchev–Trinajstić information content (AvgIpc) is 2.67. The predicted octanol–water partition coefficient (Wildman–Crippen LogP) is 2.24. The number of aromatic amines is 1. The van der Waals surface area contributed by atoms with Crippen molar-refractivity contribution in [3.05, 3.63) is 45.7 Å². The molecule has 0 saturated carbocycles. The van der Waals surface area contributed by atoms with Gasteiger partial charge in [0.05, 0.1) is 17.3 Å². The lowest BCUT2D eigenvalue weighted by molar-refractivity contribution is 0.495. The molecule has 0 spiro atoms. The van der Waals surface area contributed by atoms with Crippen molar-refractivity contribution < 1.29 is 0 Å². The molecule has 0 aliphatic carbocycles. The Morgan fingerprint density at radius 3 is 2.52 bits per heavy atom. The zero-order valence-electron chi connectivity index (χ0n) is 15.6. The van der Waals surface area contributed by atoms with E-state index in [9.17, 15) is 4.79 Å². The molecule has 0 unspecified atom stereocenters. The zero-order chi connectivity index (χ0) is 19.4. The summed E-state index contributed by atoms with van der Waals surface area (Å²) >= 11 is 0. The lowest BCUT2D eigenvalue weighted by atomic mass is 10.0. The number of nitrogens with zero attached hydrogens (tertiary/aromatic N) is 3. The van der Waals surface area contributed by atoms with Crippen molar-refractivity contribution in [3.63, 3.8) is 0 Å². The monoisotopic (exact) mass is 361 g/mol. The number of hydrogen-bond acceptors (Lipinski definition) is 5. The number of rotatable bonds is 2. The summed E-state index contributed by atoms with van der Waals surface area (Å²) in [5.41, 5.74) is 7.95. The number of hydrogen-bond donors (Lipinski definition) is 2. The zero-order valence-corrected chi connectivity index (χ0v) is 15.6. The summed E-state index contributed by atoms with van der Waals surface area (Å²) in [7, 11) is 0. The minimum Gasteiger partial charge on any atom is -0.342 e. The van der Waals surface area contributed by atoms with Gasteiger partial charge in [0.2, 0.25) is 5.95 Å². The number of nitrogens with one attached hydrogen (secondary N) is 1. The van der Waals surface area contributed by atoms with Gasteiger partial charge in [0.15, 0.2) is 0 Å². The predicted molar refractivity (Wildman–Crippen MR) is 106 cm³/mol. The fraction of sp³-hybridized carbons (Fsp3) is 0.381. The van der Waals surface area contributed by atoms with Crippen molar-refractivity contribution in [1.82, 2.24) is 9.97 Å². The number of anilines is 1. The van der Waals surface area contributed by atoms with Crippen LogP contribution in [0.1, 0.15) is 37.8 Å². The maximum absolute atomic E-state index is 12.8. The largest absolute Gasteiger partial charge is 0.342 e. The van der Waals surface area contributed by atoms with Crippen LogP contribution in [0.15, 0.2) is 29.1 Å². The van der Waals surface area contributed by atoms with Crippen LogP contribution in [0, 0.1) is 29.1 Å². The molecule has 0 bridgehead atoms. The van der Waals surface area contributed by atoms with E-state index in [1.165, 1.54) is 0 Å². The molecule has 6 heteroatoms. The Kier molecular flexibility index (Phi) is 5.59. The fourth-order valence-corrected chi connectivity index (χ4v) is 2.97. The molecule has 0 radical (unpaired) electrons. The average molecular weight is 361 g/mol. The van der Waals surface area contributed by atoms with Crippen LogP contribution in [-0.4, -0.2) is 29.1 Å². The molecule has 1 saturated heterocycles. The Morgan fingerprint density at radius 2 is 1.93 bits per heavy atom. The third-order valence-electron chi connectivity index (χ3n) is 4.52. The van der Waals surface area contributed by atoms with Gasteiger partial charge in [-0.15, -0.1) is 0 Å². The van der Waals surface area contributed by atoms with Crippen LogP contribution in [-0.2, 0) is 0 Å². The number of piperidine rings is 1. The summed E-state index contributed by atoms with van der Waals surface area (Å²) in [5.74, 6) is 6.72. The highest BCUT2D eigenvalue weighted by atomic mass is 16.1. The fourth-order valence-electron chi connectivity index (χ4n) is 2.97. The SMILES string of the molecule is CC(C)C#Cc1c(-c2ccc(C#N)cc2)nc(N2CCC(N)CC2)[nH]c1=O. The highest BCUT2D eigenvalue weighted by molar-refractivity contribution is 5.68. The molecule has 0 atom stereocenters. The van der Waals surface area contributed by atoms with E-state index in [0.29, 0.717) is 22.8 Å². The number of nitrogens with two attached hydrogens (primary N) is 1. The van der Waals surface area contributed by atoms with Gasteiger partial charge < -0.3 is 10.6 Å². The summed E-state index contributed by atoms with van der Waals surface area (Å²) in [4.78, 5) is 22.4. The lowest BCUT2D eigenvalue weighted by Gasteiger charge is -2.30. The van der Waals surface area contributed by atoms with E-state index in [1.807, 2.05) is 13.8 Å². The molecular weight excluding hydrogens is 338 g/mol. The quantitative estimate of drug-likeness (QED) is 0.799. The molecule has 138 valence electrons. The molecule has 1 aromatic heterocycles. The molecule has 3 rings (SSSR count). The number of benzene rings is 1. The van der Waals surface area contributed by atoms with E-state index >= 15 is 0 Å². The van der Waals surface area contributed by atoms with Crippen LogP contribution in [0.3, 0.4) is 0 Å². The molecule has 0 amide bonds. The first-order valence-electron chi connectivity index (χ1n) is 9.15. The molecule has 3 N–H and O–H groups in total. The van der Waals surface area contributed by atoms with Crippen molar-refractivity contribution in [3.8, 4) is 29.2 Å². The molecular formula is C21H23N5O. The van der Waals surface area contributed by atoms with Gasteiger partial charge in [-0.25, -0.2) is 4.98 Å². The van der Waals surface area contributed by atoms with E-state index in [4.69, 9.17) is 16.0 Å². The molecule has 2 aromatic rings. The summed E-state index contributed by atoms with van der Waals surface area (Å²) in [6, 6.07) is 9.34. The highest BCUT2D eigenvalue weighted by Gasteiger charge is 2.20.